The van der Waals surface area contributed by atoms with E-state index in [1.54, 1.807) is 12.1 Å². The van der Waals surface area contributed by atoms with E-state index in [1.807, 2.05) is 6.07 Å². The van der Waals surface area contributed by atoms with Gasteiger partial charge in [-0.15, -0.1) is 0 Å². The predicted molar refractivity (Wildman–Crippen MR) is 76.2 cm³/mol. The molecule has 4 nitrogen and oxygen atoms in total. The summed E-state index contributed by atoms with van der Waals surface area (Å²) in [7, 11) is 0. The third kappa shape index (κ3) is 3.31. The molecule has 1 N–H and O–H groups in total. The Morgan fingerprint density at radius 2 is 1.76 bits per heavy atom. The van der Waals surface area contributed by atoms with Crippen molar-refractivity contribution >= 4 is 11.6 Å². The molecule has 0 spiro atoms. The molecule has 1 amide bonds. The van der Waals surface area contributed by atoms with Gasteiger partial charge in [0.15, 0.2) is 11.5 Å². The van der Waals surface area contributed by atoms with E-state index >= 15 is 0 Å². The standard InChI is InChI=1S/C16H14FNO3/c17-12-2-4-13(5-3-12)18-16(19)10-11-1-6-14-15(9-11)21-8-7-20-14/h1-6,9H,7-8,10H2,(H,18,19). The molecular weight excluding hydrogens is 273 g/mol. The van der Waals surface area contributed by atoms with Crippen molar-refractivity contribution in [2.75, 3.05) is 18.5 Å². The first kappa shape index (κ1) is 13.4. The number of benzene rings is 2. The van der Waals surface area contributed by atoms with E-state index in [9.17, 15) is 9.18 Å². The largest absolute Gasteiger partial charge is 0.486 e. The molecule has 21 heavy (non-hydrogen) atoms. The number of carbonyl (C=O) groups is 1. The van der Waals surface area contributed by atoms with Gasteiger partial charge in [0, 0.05) is 5.69 Å². The minimum atomic E-state index is -0.333. The molecule has 2 aromatic rings. The lowest BCUT2D eigenvalue weighted by Crippen LogP contribution is -2.17. The third-order valence-corrected chi connectivity index (χ3v) is 3.10. The number of ether oxygens (including phenoxy) is 2. The van der Waals surface area contributed by atoms with Crippen LogP contribution in [0.25, 0.3) is 0 Å². The molecule has 0 radical (unpaired) electrons. The fraction of sp³-hybridized carbons (Fsp3) is 0.188. The van der Waals surface area contributed by atoms with Crippen LogP contribution in [-0.2, 0) is 11.2 Å². The van der Waals surface area contributed by atoms with Gasteiger partial charge in [0.1, 0.15) is 19.0 Å². The summed E-state index contributed by atoms with van der Waals surface area (Å²) in [5.74, 6) is 0.857. The van der Waals surface area contributed by atoms with Crippen molar-refractivity contribution in [1.82, 2.24) is 0 Å². The number of amides is 1. The van der Waals surface area contributed by atoms with Crippen LogP contribution in [0.2, 0.25) is 0 Å². The highest BCUT2D eigenvalue weighted by atomic mass is 19.1. The average molecular weight is 287 g/mol. The summed E-state index contributed by atoms with van der Waals surface area (Å²) in [6, 6.07) is 11.1. The molecule has 1 aliphatic heterocycles. The van der Waals surface area contributed by atoms with Crippen LogP contribution in [0.3, 0.4) is 0 Å². The maximum absolute atomic E-state index is 12.8. The Bertz CT molecular complexity index is 655. The normalized spacial score (nSPS) is 12.8. The zero-order valence-electron chi connectivity index (χ0n) is 11.3. The van der Waals surface area contributed by atoms with Crippen LogP contribution in [0, 0.1) is 5.82 Å². The van der Waals surface area contributed by atoms with E-state index in [1.165, 1.54) is 24.3 Å². The monoisotopic (exact) mass is 287 g/mol. The predicted octanol–water partition coefficient (Wildman–Crippen LogP) is 2.78. The van der Waals surface area contributed by atoms with E-state index in [-0.39, 0.29) is 18.1 Å². The van der Waals surface area contributed by atoms with Gasteiger partial charge in [-0.3, -0.25) is 4.79 Å². The molecule has 0 atom stereocenters. The highest BCUT2D eigenvalue weighted by Gasteiger charge is 2.13. The first-order chi connectivity index (χ1) is 10.2. The van der Waals surface area contributed by atoms with Gasteiger partial charge in [-0.05, 0) is 42.0 Å². The fourth-order valence-corrected chi connectivity index (χ4v) is 2.12. The molecule has 0 unspecified atom stereocenters. The van der Waals surface area contributed by atoms with Gasteiger partial charge in [0.25, 0.3) is 0 Å². The van der Waals surface area contributed by atoms with Crippen molar-refractivity contribution in [3.63, 3.8) is 0 Å². The summed E-state index contributed by atoms with van der Waals surface area (Å²) in [5, 5.41) is 2.72. The van der Waals surface area contributed by atoms with Gasteiger partial charge in [0.2, 0.25) is 5.91 Å². The van der Waals surface area contributed by atoms with Crippen molar-refractivity contribution in [3.05, 3.63) is 53.8 Å². The number of rotatable bonds is 3. The summed E-state index contributed by atoms with van der Waals surface area (Å²) >= 11 is 0. The molecule has 0 bridgehead atoms. The van der Waals surface area contributed by atoms with Gasteiger partial charge < -0.3 is 14.8 Å². The van der Waals surface area contributed by atoms with Crippen molar-refractivity contribution in [2.45, 2.75) is 6.42 Å². The molecule has 1 aliphatic rings. The lowest BCUT2D eigenvalue weighted by atomic mass is 10.1. The molecule has 0 saturated heterocycles. The molecule has 3 rings (SSSR count). The van der Waals surface area contributed by atoms with Crippen molar-refractivity contribution < 1.29 is 18.7 Å². The minimum Gasteiger partial charge on any atom is -0.486 e. The Morgan fingerprint density at radius 3 is 2.52 bits per heavy atom. The first-order valence-corrected chi connectivity index (χ1v) is 6.65. The smallest absolute Gasteiger partial charge is 0.228 e. The third-order valence-electron chi connectivity index (χ3n) is 3.10. The summed E-state index contributed by atoms with van der Waals surface area (Å²) < 4.78 is 23.7. The van der Waals surface area contributed by atoms with Crippen LogP contribution in [0.1, 0.15) is 5.56 Å². The quantitative estimate of drug-likeness (QED) is 0.944. The lowest BCUT2D eigenvalue weighted by molar-refractivity contribution is -0.115. The number of fused-ring (bicyclic) bond motifs is 1. The lowest BCUT2D eigenvalue weighted by Gasteiger charge is -2.18. The second-order valence-electron chi connectivity index (χ2n) is 4.71. The summed E-state index contributed by atoms with van der Waals surface area (Å²) in [6.07, 6.45) is 0.216. The SMILES string of the molecule is O=C(Cc1ccc2c(c1)OCCO2)Nc1ccc(F)cc1. The van der Waals surface area contributed by atoms with Gasteiger partial charge >= 0.3 is 0 Å². The molecule has 0 aromatic heterocycles. The highest BCUT2D eigenvalue weighted by molar-refractivity contribution is 5.92. The van der Waals surface area contributed by atoms with Crippen LogP contribution in [0.15, 0.2) is 42.5 Å². The molecule has 108 valence electrons. The molecule has 0 fully saturated rings. The van der Waals surface area contributed by atoms with Crippen LogP contribution < -0.4 is 14.8 Å². The highest BCUT2D eigenvalue weighted by Crippen LogP contribution is 2.30. The van der Waals surface area contributed by atoms with E-state index < -0.39 is 0 Å². The van der Waals surface area contributed by atoms with Gasteiger partial charge in [0.05, 0.1) is 6.42 Å². The topological polar surface area (TPSA) is 47.6 Å². The maximum Gasteiger partial charge on any atom is 0.228 e. The Balaban J connectivity index is 1.65. The Morgan fingerprint density at radius 1 is 1.05 bits per heavy atom. The molecule has 0 saturated carbocycles. The second kappa shape index (κ2) is 5.83. The van der Waals surface area contributed by atoms with Gasteiger partial charge in [-0.2, -0.15) is 0 Å². The van der Waals surface area contributed by atoms with Gasteiger partial charge in [-0.25, -0.2) is 4.39 Å². The van der Waals surface area contributed by atoms with Crippen molar-refractivity contribution in [3.8, 4) is 11.5 Å². The molecule has 0 aliphatic carbocycles. The van der Waals surface area contributed by atoms with E-state index in [0.29, 0.717) is 30.4 Å². The molecule has 1 heterocycles. The van der Waals surface area contributed by atoms with Crippen molar-refractivity contribution in [1.29, 1.82) is 0 Å². The van der Waals surface area contributed by atoms with E-state index in [2.05, 4.69) is 5.32 Å². The van der Waals surface area contributed by atoms with E-state index in [0.717, 1.165) is 5.56 Å². The fourth-order valence-electron chi connectivity index (χ4n) is 2.12. The van der Waals surface area contributed by atoms with Gasteiger partial charge in [-0.1, -0.05) is 6.07 Å². The average Bonchev–Trinajstić information content (AvgIpc) is 2.49. The summed E-state index contributed by atoms with van der Waals surface area (Å²) in [6.45, 7) is 1.05. The first-order valence-electron chi connectivity index (χ1n) is 6.65. The van der Waals surface area contributed by atoms with E-state index in [4.69, 9.17) is 9.47 Å². The molecule has 5 heteroatoms. The Hall–Kier alpha value is -2.56. The second-order valence-corrected chi connectivity index (χ2v) is 4.71. The molecule has 2 aromatic carbocycles. The number of anilines is 1. The maximum atomic E-state index is 12.8. The number of nitrogens with one attached hydrogen (secondary N) is 1. The summed E-state index contributed by atoms with van der Waals surface area (Å²) in [5.41, 5.74) is 1.40. The van der Waals surface area contributed by atoms with Crippen LogP contribution >= 0.6 is 0 Å². The van der Waals surface area contributed by atoms with Crippen LogP contribution in [-0.4, -0.2) is 19.1 Å². The minimum absolute atomic E-state index is 0.168. The zero-order valence-corrected chi connectivity index (χ0v) is 11.3. The number of halogens is 1. The Kier molecular flexibility index (Phi) is 3.73. The summed E-state index contributed by atoms with van der Waals surface area (Å²) in [4.78, 5) is 12.0. The van der Waals surface area contributed by atoms with Crippen LogP contribution in [0.4, 0.5) is 10.1 Å². The number of carbonyl (C=O) groups excluding carboxylic acids is 1. The zero-order chi connectivity index (χ0) is 14.7. The number of hydrogen-bond acceptors (Lipinski definition) is 3. The van der Waals surface area contributed by atoms with Crippen molar-refractivity contribution in [2.24, 2.45) is 0 Å². The van der Waals surface area contributed by atoms with Crippen LogP contribution in [0.5, 0.6) is 11.5 Å². The molecular formula is C16H14FNO3. The number of hydrogen-bond donors (Lipinski definition) is 1. The Labute approximate surface area is 121 Å².